The Labute approximate surface area is 181 Å². The molecule has 26 heavy (non-hydrogen) atoms. The molecule has 0 aliphatic carbocycles. The van der Waals surface area contributed by atoms with Crippen LogP contribution in [0.3, 0.4) is 0 Å². The van der Waals surface area contributed by atoms with E-state index in [2.05, 4.69) is 43.9 Å². The van der Waals surface area contributed by atoms with E-state index < -0.39 is 0 Å². The number of aliphatic imine (C=N–C) groups is 1. The maximum Gasteiger partial charge on any atom is 0.191 e. The van der Waals surface area contributed by atoms with Gasteiger partial charge in [-0.25, -0.2) is 4.98 Å². The summed E-state index contributed by atoms with van der Waals surface area (Å²) in [7, 11) is 1.80. The van der Waals surface area contributed by atoms with Crippen LogP contribution in [0.15, 0.2) is 34.6 Å². The first-order valence-electron chi connectivity index (χ1n) is 8.59. The summed E-state index contributed by atoms with van der Waals surface area (Å²) in [6, 6.07) is 8.40. The minimum atomic E-state index is 0. The van der Waals surface area contributed by atoms with Gasteiger partial charge in [-0.3, -0.25) is 4.99 Å². The molecule has 1 atom stereocenters. The first-order chi connectivity index (χ1) is 12.2. The topological polar surface area (TPSA) is 52.6 Å². The number of hydrogen-bond donors (Lipinski definition) is 2. The summed E-state index contributed by atoms with van der Waals surface area (Å²) < 4.78 is 0. The Hall–Kier alpha value is -1.06. The molecule has 142 valence electrons. The highest BCUT2D eigenvalue weighted by Gasteiger charge is 2.23. The van der Waals surface area contributed by atoms with E-state index in [0.717, 1.165) is 42.6 Å². The van der Waals surface area contributed by atoms with Crippen LogP contribution in [0.25, 0.3) is 0 Å². The van der Waals surface area contributed by atoms with Crippen molar-refractivity contribution in [3.05, 3.63) is 45.4 Å². The summed E-state index contributed by atoms with van der Waals surface area (Å²) in [5.41, 5.74) is 2.24. The highest BCUT2D eigenvalue weighted by atomic mass is 127. The molecular weight excluding hydrogens is 481 g/mol. The van der Waals surface area contributed by atoms with Crippen LogP contribution in [0.4, 0.5) is 5.69 Å². The van der Waals surface area contributed by atoms with Crippen molar-refractivity contribution in [2.24, 2.45) is 4.99 Å². The van der Waals surface area contributed by atoms with Crippen LogP contribution in [0.1, 0.15) is 24.0 Å². The third-order valence-electron chi connectivity index (χ3n) is 4.26. The highest BCUT2D eigenvalue weighted by molar-refractivity contribution is 14.0. The van der Waals surface area contributed by atoms with Crippen molar-refractivity contribution in [1.29, 1.82) is 0 Å². The number of nitrogens with zero attached hydrogens (tertiary/aromatic N) is 3. The first kappa shape index (κ1) is 21.2. The number of thiazole rings is 1. The lowest BCUT2D eigenvalue weighted by atomic mass is 10.2. The molecule has 1 unspecified atom stereocenters. The summed E-state index contributed by atoms with van der Waals surface area (Å²) in [6.07, 6.45) is 2.06. The standard InChI is InChI=1S/C18H24ClN5S.HI/c1-3-17-22-15(12-25-17)10-21-18(20-2)23-14-7-8-24(11-14)16-6-4-5-13(19)9-16;/h4-6,9,12,14H,3,7-8,10-11H2,1-2H3,(H2,20,21,23);1H. The van der Waals surface area contributed by atoms with Crippen LogP contribution in [-0.4, -0.2) is 37.1 Å². The molecule has 1 aromatic carbocycles. The summed E-state index contributed by atoms with van der Waals surface area (Å²) in [4.78, 5) is 11.3. The first-order valence-corrected chi connectivity index (χ1v) is 9.84. The molecule has 2 heterocycles. The molecule has 0 saturated carbocycles. The molecule has 1 aliphatic rings. The fourth-order valence-corrected chi connectivity index (χ4v) is 3.87. The van der Waals surface area contributed by atoms with Crippen LogP contribution in [-0.2, 0) is 13.0 Å². The number of aryl methyl sites for hydroxylation is 1. The van der Waals surface area contributed by atoms with E-state index in [9.17, 15) is 0 Å². The molecule has 3 rings (SSSR count). The Morgan fingerprint density at radius 2 is 2.31 bits per heavy atom. The Kier molecular flexibility index (Phi) is 8.43. The lowest BCUT2D eigenvalue weighted by Gasteiger charge is -2.20. The fraction of sp³-hybridized carbons (Fsp3) is 0.444. The Morgan fingerprint density at radius 1 is 1.46 bits per heavy atom. The maximum atomic E-state index is 6.10. The van der Waals surface area contributed by atoms with Crippen molar-refractivity contribution in [2.75, 3.05) is 25.0 Å². The van der Waals surface area contributed by atoms with Crippen LogP contribution in [0.2, 0.25) is 5.02 Å². The van der Waals surface area contributed by atoms with Crippen molar-refractivity contribution >= 4 is 58.6 Å². The molecule has 1 aliphatic heterocycles. The van der Waals surface area contributed by atoms with E-state index in [1.54, 1.807) is 18.4 Å². The van der Waals surface area contributed by atoms with Crippen molar-refractivity contribution < 1.29 is 0 Å². The van der Waals surface area contributed by atoms with E-state index in [4.69, 9.17) is 11.6 Å². The van der Waals surface area contributed by atoms with Gasteiger partial charge in [0.25, 0.3) is 0 Å². The van der Waals surface area contributed by atoms with Crippen molar-refractivity contribution in [3.63, 3.8) is 0 Å². The number of anilines is 1. The van der Waals surface area contributed by atoms with Crippen LogP contribution < -0.4 is 15.5 Å². The normalized spacial score (nSPS) is 17.1. The van der Waals surface area contributed by atoms with E-state index in [0.29, 0.717) is 12.6 Å². The van der Waals surface area contributed by atoms with E-state index in [1.807, 2.05) is 18.2 Å². The molecule has 2 N–H and O–H groups in total. The predicted octanol–water partition coefficient (Wildman–Crippen LogP) is 3.92. The lowest BCUT2D eigenvalue weighted by molar-refractivity contribution is 0.647. The zero-order valence-corrected chi connectivity index (χ0v) is 18.9. The molecule has 1 saturated heterocycles. The maximum absolute atomic E-state index is 6.10. The number of aromatic nitrogens is 1. The van der Waals surface area contributed by atoms with Gasteiger partial charge in [-0.2, -0.15) is 0 Å². The monoisotopic (exact) mass is 505 g/mol. The summed E-state index contributed by atoms with van der Waals surface area (Å²) in [5, 5.41) is 10.9. The Balaban J connectivity index is 0.00000243. The molecule has 8 heteroatoms. The predicted molar refractivity (Wildman–Crippen MR) is 122 cm³/mol. The minimum absolute atomic E-state index is 0. The molecule has 0 spiro atoms. The van der Waals surface area contributed by atoms with Gasteiger partial charge in [-0.1, -0.05) is 24.6 Å². The van der Waals surface area contributed by atoms with E-state index >= 15 is 0 Å². The van der Waals surface area contributed by atoms with Crippen molar-refractivity contribution in [3.8, 4) is 0 Å². The zero-order valence-electron chi connectivity index (χ0n) is 15.0. The van der Waals surface area contributed by atoms with Gasteiger partial charge < -0.3 is 15.5 Å². The highest BCUT2D eigenvalue weighted by Crippen LogP contribution is 2.23. The number of benzene rings is 1. The molecule has 0 amide bonds. The number of nitrogens with one attached hydrogen (secondary N) is 2. The van der Waals surface area contributed by atoms with Gasteiger partial charge in [-0.05, 0) is 31.0 Å². The Morgan fingerprint density at radius 3 is 3.00 bits per heavy atom. The van der Waals surface area contributed by atoms with E-state index in [-0.39, 0.29) is 24.0 Å². The lowest BCUT2D eigenvalue weighted by Crippen LogP contribution is -2.44. The second-order valence-electron chi connectivity index (χ2n) is 6.07. The van der Waals surface area contributed by atoms with Crippen molar-refractivity contribution in [1.82, 2.24) is 15.6 Å². The van der Waals surface area contributed by atoms with E-state index in [1.165, 1.54) is 10.7 Å². The van der Waals surface area contributed by atoms with Crippen LogP contribution >= 0.6 is 46.9 Å². The van der Waals surface area contributed by atoms with Gasteiger partial charge in [0.15, 0.2) is 5.96 Å². The molecular formula is C18H25ClIN5S. The molecule has 2 aromatic rings. The minimum Gasteiger partial charge on any atom is -0.369 e. The summed E-state index contributed by atoms with van der Waals surface area (Å²) in [5.74, 6) is 0.823. The largest absolute Gasteiger partial charge is 0.369 e. The number of hydrogen-bond acceptors (Lipinski definition) is 4. The average molecular weight is 506 g/mol. The van der Waals surface area contributed by atoms with Gasteiger partial charge >= 0.3 is 0 Å². The average Bonchev–Trinajstić information content (AvgIpc) is 3.28. The van der Waals surface area contributed by atoms with Crippen molar-refractivity contribution in [2.45, 2.75) is 32.4 Å². The fourth-order valence-electron chi connectivity index (χ4n) is 2.94. The molecule has 0 radical (unpaired) electrons. The second-order valence-corrected chi connectivity index (χ2v) is 7.45. The summed E-state index contributed by atoms with van der Waals surface area (Å²) >= 11 is 7.81. The Bertz CT molecular complexity index is 736. The number of rotatable bonds is 5. The third kappa shape index (κ3) is 5.72. The van der Waals surface area contributed by atoms with Gasteiger partial charge in [0, 0.05) is 42.3 Å². The quantitative estimate of drug-likeness (QED) is 0.367. The smallest absolute Gasteiger partial charge is 0.191 e. The van der Waals surface area contributed by atoms with Gasteiger partial charge in [0.2, 0.25) is 0 Å². The summed E-state index contributed by atoms with van der Waals surface area (Å²) in [6.45, 7) is 4.78. The molecule has 1 fully saturated rings. The van der Waals surface area contributed by atoms with Crippen LogP contribution in [0.5, 0.6) is 0 Å². The van der Waals surface area contributed by atoms with Gasteiger partial charge in [-0.15, -0.1) is 35.3 Å². The number of halogens is 2. The van der Waals surface area contributed by atoms with Gasteiger partial charge in [0.05, 0.1) is 17.2 Å². The van der Waals surface area contributed by atoms with Gasteiger partial charge in [0.1, 0.15) is 0 Å². The molecule has 0 bridgehead atoms. The zero-order chi connectivity index (χ0) is 17.6. The molecule has 5 nitrogen and oxygen atoms in total. The SMILES string of the molecule is CCc1nc(CNC(=NC)NC2CCN(c3cccc(Cl)c3)C2)cs1.I. The van der Waals surface area contributed by atoms with Crippen LogP contribution in [0, 0.1) is 0 Å². The second kappa shape index (κ2) is 10.3. The third-order valence-corrected chi connectivity index (χ3v) is 5.54. The molecule has 1 aromatic heterocycles. The number of guanidine groups is 1.